The Balaban J connectivity index is 3.90. The zero-order chi connectivity index (χ0) is 16.5. The number of aliphatic carboxylic acids is 1. The lowest BCUT2D eigenvalue weighted by Crippen LogP contribution is -2.28. The molecule has 0 rings (SSSR count). The van der Waals surface area contributed by atoms with Gasteiger partial charge in [-0.05, 0) is 19.8 Å². The van der Waals surface area contributed by atoms with E-state index in [-0.39, 0.29) is 32.0 Å². The van der Waals surface area contributed by atoms with Crippen LogP contribution in [0.25, 0.3) is 0 Å². The summed E-state index contributed by atoms with van der Waals surface area (Å²) < 4.78 is 10.1. The topological polar surface area (TPSA) is 89.9 Å². The Morgan fingerprint density at radius 2 is 1.57 bits per heavy atom. The Hall–Kier alpha value is -1.85. The molecule has 0 aromatic rings. The van der Waals surface area contributed by atoms with Crippen molar-refractivity contribution in [3.8, 4) is 0 Å². The average molecular weight is 300 g/mol. The maximum atomic E-state index is 11.5. The third-order valence-corrected chi connectivity index (χ3v) is 2.59. The zero-order valence-corrected chi connectivity index (χ0v) is 12.9. The Morgan fingerprint density at radius 3 is 2.10 bits per heavy atom. The van der Waals surface area contributed by atoms with E-state index in [9.17, 15) is 14.4 Å². The fourth-order valence-electron chi connectivity index (χ4n) is 1.32. The second-order valence-corrected chi connectivity index (χ2v) is 5.78. The van der Waals surface area contributed by atoms with Gasteiger partial charge in [-0.2, -0.15) is 0 Å². The molecule has 1 N–H and O–H groups in total. The minimum absolute atomic E-state index is 0.0512. The molecular formula is C15H24O6. The van der Waals surface area contributed by atoms with Crippen molar-refractivity contribution in [1.29, 1.82) is 0 Å². The molecule has 0 saturated heterocycles. The minimum atomic E-state index is -0.871. The highest BCUT2D eigenvalue weighted by atomic mass is 16.5. The standard InChI is InChI=1S/C15H24O6/c1-11(2)14(19)21-10-15(3,4)9-20-13(18)8-6-5-7-12(16)17/h1,5-10H2,2-4H3,(H,16,17). The molecule has 0 bridgehead atoms. The molecular weight excluding hydrogens is 276 g/mol. The summed E-state index contributed by atoms with van der Waals surface area (Å²) in [7, 11) is 0. The Labute approximate surface area is 125 Å². The first-order chi connectivity index (χ1) is 9.64. The lowest BCUT2D eigenvalue weighted by Gasteiger charge is -2.23. The summed E-state index contributed by atoms with van der Waals surface area (Å²) >= 11 is 0. The van der Waals surface area contributed by atoms with Gasteiger partial charge in [-0.15, -0.1) is 0 Å². The van der Waals surface area contributed by atoms with Gasteiger partial charge in [0, 0.05) is 23.8 Å². The molecule has 0 aliphatic rings. The van der Waals surface area contributed by atoms with Crippen molar-refractivity contribution in [3.63, 3.8) is 0 Å². The van der Waals surface area contributed by atoms with Gasteiger partial charge >= 0.3 is 17.9 Å². The number of hydrogen-bond acceptors (Lipinski definition) is 5. The minimum Gasteiger partial charge on any atom is -0.481 e. The molecule has 0 saturated carbocycles. The van der Waals surface area contributed by atoms with E-state index in [1.165, 1.54) is 0 Å². The SMILES string of the molecule is C=C(C)C(=O)OCC(C)(C)COC(=O)CCCCC(=O)O. The van der Waals surface area contributed by atoms with Crippen molar-refractivity contribution in [2.75, 3.05) is 13.2 Å². The first-order valence-corrected chi connectivity index (χ1v) is 6.84. The predicted octanol–water partition coefficient (Wildman–Crippen LogP) is 2.32. The largest absolute Gasteiger partial charge is 0.481 e. The number of carbonyl (C=O) groups excluding carboxylic acids is 2. The van der Waals surface area contributed by atoms with Crippen molar-refractivity contribution >= 4 is 17.9 Å². The highest BCUT2D eigenvalue weighted by Crippen LogP contribution is 2.17. The van der Waals surface area contributed by atoms with E-state index >= 15 is 0 Å². The number of ether oxygens (including phenoxy) is 2. The summed E-state index contributed by atoms with van der Waals surface area (Å²) in [5, 5.41) is 8.47. The number of carbonyl (C=O) groups is 3. The van der Waals surface area contributed by atoms with E-state index in [0.29, 0.717) is 18.4 Å². The molecule has 6 nitrogen and oxygen atoms in total. The van der Waals surface area contributed by atoms with Gasteiger partial charge in [0.1, 0.15) is 0 Å². The van der Waals surface area contributed by atoms with Crippen molar-refractivity contribution in [1.82, 2.24) is 0 Å². The summed E-state index contributed by atoms with van der Waals surface area (Å²) in [5.74, 6) is -1.72. The molecule has 0 atom stereocenters. The lowest BCUT2D eigenvalue weighted by atomic mass is 9.96. The van der Waals surface area contributed by atoms with Crippen LogP contribution in [0, 0.1) is 5.41 Å². The molecule has 120 valence electrons. The molecule has 0 fully saturated rings. The Bertz CT molecular complexity index is 397. The number of carboxylic acids is 1. The predicted molar refractivity (Wildman–Crippen MR) is 76.6 cm³/mol. The maximum absolute atomic E-state index is 11.5. The number of unbranched alkanes of at least 4 members (excludes halogenated alkanes) is 1. The van der Waals surface area contributed by atoms with Crippen LogP contribution in [-0.2, 0) is 23.9 Å². The van der Waals surface area contributed by atoms with Crippen molar-refractivity contribution in [2.24, 2.45) is 5.41 Å². The van der Waals surface area contributed by atoms with Gasteiger partial charge < -0.3 is 14.6 Å². The quantitative estimate of drug-likeness (QED) is 0.378. The molecule has 0 aromatic heterocycles. The van der Waals surface area contributed by atoms with Crippen LogP contribution in [0.3, 0.4) is 0 Å². The highest BCUT2D eigenvalue weighted by Gasteiger charge is 2.23. The molecule has 0 aliphatic heterocycles. The second-order valence-electron chi connectivity index (χ2n) is 5.78. The fraction of sp³-hybridized carbons (Fsp3) is 0.667. The molecule has 0 aromatic carbocycles. The summed E-state index contributed by atoms with van der Waals surface area (Å²) in [6.07, 6.45) is 1.17. The smallest absolute Gasteiger partial charge is 0.333 e. The molecule has 0 unspecified atom stereocenters. The van der Waals surface area contributed by atoms with Crippen LogP contribution in [0.4, 0.5) is 0 Å². The summed E-state index contributed by atoms with van der Waals surface area (Å²) in [6, 6.07) is 0. The maximum Gasteiger partial charge on any atom is 0.333 e. The van der Waals surface area contributed by atoms with Crippen LogP contribution in [0.2, 0.25) is 0 Å². The van der Waals surface area contributed by atoms with Gasteiger partial charge in [0.05, 0.1) is 13.2 Å². The van der Waals surface area contributed by atoms with Crippen LogP contribution in [-0.4, -0.2) is 36.2 Å². The highest BCUT2D eigenvalue weighted by molar-refractivity contribution is 5.86. The van der Waals surface area contributed by atoms with Gasteiger partial charge in [-0.1, -0.05) is 20.4 Å². The van der Waals surface area contributed by atoms with Gasteiger partial charge in [-0.3, -0.25) is 9.59 Å². The molecule has 0 heterocycles. The van der Waals surface area contributed by atoms with Crippen LogP contribution >= 0.6 is 0 Å². The Kier molecular flexibility index (Phi) is 8.35. The third kappa shape index (κ3) is 10.6. The van der Waals surface area contributed by atoms with E-state index in [1.807, 2.05) is 13.8 Å². The monoisotopic (exact) mass is 300 g/mol. The van der Waals surface area contributed by atoms with E-state index < -0.39 is 17.4 Å². The molecule has 6 heteroatoms. The van der Waals surface area contributed by atoms with Crippen LogP contribution < -0.4 is 0 Å². The Morgan fingerprint density at radius 1 is 1.05 bits per heavy atom. The summed E-state index contributed by atoms with van der Waals surface area (Å²) in [6.45, 7) is 8.94. The molecule has 0 spiro atoms. The molecule has 0 radical (unpaired) electrons. The van der Waals surface area contributed by atoms with Crippen molar-refractivity contribution < 1.29 is 29.0 Å². The molecule has 0 aliphatic carbocycles. The van der Waals surface area contributed by atoms with E-state index in [2.05, 4.69) is 6.58 Å². The molecule has 0 amide bonds. The summed E-state index contributed by atoms with van der Waals surface area (Å²) in [4.78, 5) is 33.1. The first kappa shape index (κ1) is 19.1. The fourth-order valence-corrected chi connectivity index (χ4v) is 1.32. The van der Waals surface area contributed by atoms with Crippen molar-refractivity contribution in [3.05, 3.63) is 12.2 Å². The first-order valence-electron chi connectivity index (χ1n) is 6.84. The van der Waals surface area contributed by atoms with E-state index in [0.717, 1.165) is 0 Å². The number of carboxylic acid groups (broad SMARTS) is 1. The van der Waals surface area contributed by atoms with Gasteiger partial charge in [-0.25, -0.2) is 4.79 Å². The van der Waals surface area contributed by atoms with Crippen LogP contribution in [0.15, 0.2) is 12.2 Å². The zero-order valence-electron chi connectivity index (χ0n) is 12.9. The van der Waals surface area contributed by atoms with Gasteiger partial charge in [0.15, 0.2) is 0 Å². The van der Waals surface area contributed by atoms with Crippen LogP contribution in [0.1, 0.15) is 46.5 Å². The molecule has 21 heavy (non-hydrogen) atoms. The lowest BCUT2D eigenvalue weighted by molar-refractivity contribution is -0.151. The third-order valence-electron chi connectivity index (χ3n) is 2.59. The number of rotatable bonds is 10. The second kappa shape index (κ2) is 9.15. The van der Waals surface area contributed by atoms with Gasteiger partial charge in [0.25, 0.3) is 0 Å². The van der Waals surface area contributed by atoms with E-state index in [1.54, 1.807) is 6.92 Å². The van der Waals surface area contributed by atoms with E-state index in [4.69, 9.17) is 14.6 Å². The van der Waals surface area contributed by atoms with Crippen LogP contribution in [0.5, 0.6) is 0 Å². The summed E-state index contributed by atoms with van der Waals surface area (Å²) in [5.41, 5.74) is -0.164. The number of esters is 2. The number of hydrogen-bond donors (Lipinski definition) is 1. The van der Waals surface area contributed by atoms with Crippen molar-refractivity contribution in [2.45, 2.75) is 46.5 Å². The van der Waals surface area contributed by atoms with Gasteiger partial charge in [0.2, 0.25) is 0 Å². The normalized spacial score (nSPS) is 10.8. The average Bonchev–Trinajstić information content (AvgIpc) is 2.38.